The highest BCUT2D eigenvalue weighted by atomic mass is 32.2. The Labute approximate surface area is 138 Å². The summed E-state index contributed by atoms with van der Waals surface area (Å²) in [4.78, 5) is 0. The summed E-state index contributed by atoms with van der Waals surface area (Å²) in [6.07, 6.45) is 0. The van der Waals surface area contributed by atoms with Gasteiger partial charge in [0, 0.05) is 13.6 Å². The molecule has 0 aliphatic rings. The molecule has 1 atom stereocenters. The molecule has 0 aliphatic carbocycles. The van der Waals surface area contributed by atoms with Crippen LogP contribution in [-0.4, -0.2) is 30.4 Å². The molecule has 1 unspecified atom stereocenters. The minimum Gasteiger partial charge on any atom is -0.222 e. The fourth-order valence-electron chi connectivity index (χ4n) is 1.91. The summed E-state index contributed by atoms with van der Waals surface area (Å²) in [5.41, 5.74) is 0.304. The van der Waals surface area contributed by atoms with Gasteiger partial charge in [-0.3, -0.25) is 0 Å². The first-order chi connectivity index (χ1) is 10.8. The van der Waals surface area contributed by atoms with Gasteiger partial charge in [0.1, 0.15) is 15.3 Å². The van der Waals surface area contributed by atoms with E-state index in [1.807, 2.05) is 0 Å². The van der Waals surface area contributed by atoms with E-state index in [-0.39, 0.29) is 10.8 Å². The zero-order valence-electron chi connectivity index (χ0n) is 12.1. The first kappa shape index (κ1) is 18.0. The Balaban J connectivity index is 2.41. The van der Waals surface area contributed by atoms with E-state index in [0.717, 1.165) is 23.5 Å². The van der Waals surface area contributed by atoms with Crippen molar-refractivity contribution in [3.8, 4) is 0 Å². The molecule has 6 nitrogen and oxygen atoms in total. The van der Waals surface area contributed by atoms with Gasteiger partial charge in [-0.25, -0.2) is 22.3 Å². The maximum Gasteiger partial charge on any atom is 0.276 e. The lowest BCUT2D eigenvalue weighted by Gasteiger charge is -2.18. The van der Waals surface area contributed by atoms with Crippen molar-refractivity contribution in [2.75, 3.05) is 13.6 Å². The van der Waals surface area contributed by atoms with Crippen LogP contribution in [0, 0.1) is 5.82 Å². The number of rotatable bonds is 7. The van der Waals surface area contributed by atoms with E-state index in [0.29, 0.717) is 5.56 Å². The van der Waals surface area contributed by atoms with Gasteiger partial charge in [0.2, 0.25) is 0 Å². The van der Waals surface area contributed by atoms with E-state index in [4.69, 9.17) is 0 Å². The molecule has 0 spiro atoms. The van der Waals surface area contributed by atoms with E-state index < -0.39 is 31.1 Å². The number of hydrogen-bond donors (Lipinski definition) is 2. The predicted molar refractivity (Wildman–Crippen MR) is 86.6 cm³/mol. The summed E-state index contributed by atoms with van der Waals surface area (Å²) in [6, 6.07) is 7.98. The van der Waals surface area contributed by atoms with Crippen LogP contribution in [0.5, 0.6) is 0 Å². The van der Waals surface area contributed by atoms with Crippen molar-refractivity contribution in [3.05, 3.63) is 53.2 Å². The molecule has 0 fully saturated rings. The Morgan fingerprint density at radius 2 is 1.78 bits per heavy atom. The zero-order valence-corrected chi connectivity index (χ0v) is 14.5. The first-order valence-corrected chi connectivity index (χ1v) is 10.4. The van der Waals surface area contributed by atoms with Crippen LogP contribution < -0.4 is 9.44 Å². The van der Waals surface area contributed by atoms with Crippen molar-refractivity contribution in [1.29, 1.82) is 0 Å². The molecule has 23 heavy (non-hydrogen) atoms. The second kappa shape index (κ2) is 7.05. The average Bonchev–Trinajstić information content (AvgIpc) is 3.04. The smallest absolute Gasteiger partial charge is 0.222 e. The van der Waals surface area contributed by atoms with E-state index in [1.54, 1.807) is 11.4 Å². The van der Waals surface area contributed by atoms with Crippen LogP contribution >= 0.6 is 11.3 Å². The molecule has 0 saturated carbocycles. The lowest BCUT2D eigenvalue weighted by Crippen LogP contribution is -2.38. The fourth-order valence-corrected chi connectivity index (χ4v) is 5.41. The SMILES string of the molecule is CNS(=O)(=O)NCC(c1ccc(F)cc1)S(=O)(=O)c1cccs1. The van der Waals surface area contributed by atoms with Crippen LogP contribution in [0.2, 0.25) is 0 Å². The number of thiophene rings is 1. The zero-order chi connectivity index (χ0) is 17.1. The van der Waals surface area contributed by atoms with Crippen LogP contribution in [0.1, 0.15) is 10.8 Å². The molecule has 1 aromatic heterocycles. The third kappa shape index (κ3) is 4.36. The Morgan fingerprint density at radius 1 is 1.13 bits per heavy atom. The molecule has 0 aliphatic heterocycles. The topological polar surface area (TPSA) is 92.3 Å². The molecule has 1 aromatic carbocycles. The normalized spacial score (nSPS) is 13.8. The molecule has 126 valence electrons. The van der Waals surface area contributed by atoms with Crippen LogP contribution in [0.3, 0.4) is 0 Å². The minimum absolute atomic E-state index is 0.121. The highest BCUT2D eigenvalue weighted by molar-refractivity contribution is 7.93. The summed E-state index contributed by atoms with van der Waals surface area (Å²) in [5.74, 6) is -0.503. The van der Waals surface area contributed by atoms with Crippen LogP contribution in [0.25, 0.3) is 0 Å². The Bertz CT molecular complexity index is 847. The number of halogens is 1. The van der Waals surface area contributed by atoms with Crippen molar-refractivity contribution in [2.24, 2.45) is 0 Å². The van der Waals surface area contributed by atoms with Crippen molar-refractivity contribution in [2.45, 2.75) is 9.46 Å². The Morgan fingerprint density at radius 3 is 2.30 bits per heavy atom. The van der Waals surface area contributed by atoms with Crippen molar-refractivity contribution in [3.63, 3.8) is 0 Å². The second-order valence-corrected chi connectivity index (χ2v) is 9.58. The van der Waals surface area contributed by atoms with E-state index >= 15 is 0 Å². The summed E-state index contributed by atoms with van der Waals surface area (Å²) in [7, 11) is -6.40. The predicted octanol–water partition coefficient (Wildman–Crippen LogP) is 1.46. The van der Waals surface area contributed by atoms with Gasteiger partial charge in [0.05, 0.1) is 0 Å². The molecule has 2 aromatic rings. The second-order valence-electron chi connectivity index (χ2n) is 4.57. The van der Waals surface area contributed by atoms with Gasteiger partial charge in [-0.15, -0.1) is 11.3 Å². The average molecular weight is 378 g/mol. The van der Waals surface area contributed by atoms with Gasteiger partial charge in [0.15, 0.2) is 9.84 Å². The fraction of sp³-hybridized carbons (Fsp3) is 0.231. The van der Waals surface area contributed by atoms with E-state index in [2.05, 4.69) is 9.44 Å². The van der Waals surface area contributed by atoms with E-state index in [9.17, 15) is 21.2 Å². The highest BCUT2D eigenvalue weighted by Crippen LogP contribution is 2.31. The summed E-state index contributed by atoms with van der Waals surface area (Å²) in [5, 5.41) is 0.455. The van der Waals surface area contributed by atoms with Gasteiger partial charge < -0.3 is 0 Å². The van der Waals surface area contributed by atoms with Crippen LogP contribution in [0.4, 0.5) is 4.39 Å². The molecule has 1 heterocycles. The standard InChI is InChI=1S/C13H15FN2O4S3/c1-15-23(19,20)16-9-12(10-4-6-11(14)7-5-10)22(17,18)13-3-2-8-21-13/h2-8,12,15-16H,9H2,1H3. The Kier molecular flexibility index (Phi) is 5.53. The van der Waals surface area contributed by atoms with Crippen LogP contribution in [-0.2, 0) is 20.0 Å². The lowest BCUT2D eigenvalue weighted by atomic mass is 10.1. The van der Waals surface area contributed by atoms with Crippen molar-refractivity contribution >= 4 is 31.4 Å². The number of benzene rings is 1. The lowest BCUT2D eigenvalue weighted by molar-refractivity contribution is 0.564. The number of hydrogen-bond acceptors (Lipinski definition) is 5. The third-order valence-electron chi connectivity index (χ3n) is 3.12. The Hall–Kier alpha value is -1.33. The molecular formula is C13H15FN2O4S3. The first-order valence-electron chi connectivity index (χ1n) is 6.47. The van der Waals surface area contributed by atoms with Gasteiger partial charge in [-0.05, 0) is 29.1 Å². The third-order valence-corrected chi connectivity index (χ3v) is 7.74. The summed E-state index contributed by atoms with van der Waals surface area (Å²) >= 11 is 1.04. The molecule has 0 radical (unpaired) electrons. The molecule has 10 heteroatoms. The molecule has 0 saturated heterocycles. The van der Waals surface area contributed by atoms with Gasteiger partial charge in [0.25, 0.3) is 10.2 Å². The largest absolute Gasteiger partial charge is 0.276 e. The number of nitrogens with one attached hydrogen (secondary N) is 2. The van der Waals surface area contributed by atoms with Crippen molar-refractivity contribution < 1.29 is 21.2 Å². The molecular weight excluding hydrogens is 363 g/mol. The maximum absolute atomic E-state index is 13.1. The van der Waals surface area contributed by atoms with Crippen LogP contribution in [0.15, 0.2) is 46.0 Å². The minimum atomic E-state index is -3.81. The van der Waals surface area contributed by atoms with E-state index in [1.165, 1.54) is 25.2 Å². The molecule has 2 rings (SSSR count). The van der Waals surface area contributed by atoms with Gasteiger partial charge >= 0.3 is 0 Å². The van der Waals surface area contributed by atoms with Gasteiger partial charge in [-0.1, -0.05) is 18.2 Å². The monoisotopic (exact) mass is 378 g/mol. The number of sulfone groups is 1. The summed E-state index contributed by atoms with van der Waals surface area (Å²) in [6.45, 7) is -0.366. The summed E-state index contributed by atoms with van der Waals surface area (Å²) < 4.78 is 66.0. The molecule has 0 amide bonds. The quantitative estimate of drug-likeness (QED) is 0.763. The van der Waals surface area contributed by atoms with Crippen molar-refractivity contribution in [1.82, 2.24) is 9.44 Å². The van der Waals surface area contributed by atoms with Gasteiger partial charge in [-0.2, -0.15) is 8.42 Å². The maximum atomic E-state index is 13.1. The molecule has 2 N–H and O–H groups in total. The molecule has 0 bridgehead atoms. The highest BCUT2D eigenvalue weighted by Gasteiger charge is 2.31.